The number of hydrogen-bond donors (Lipinski definition) is 1. The van der Waals surface area contributed by atoms with Gasteiger partial charge in [-0.2, -0.15) is 5.26 Å². The van der Waals surface area contributed by atoms with Gasteiger partial charge in [0, 0.05) is 4.88 Å². The van der Waals surface area contributed by atoms with Gasteiger partial charge < -0.3 is 14.8 Å². The molecule has 0 aliphatic rings. The lowest BCUT2D eigenvalue weighted by molar-refractivity contribution is -0.117. The van der Waals surface area contributed by atoms with Crippen molar-refractivity contribution in [1.82, 2.24) is 5.32 Å². The van der Waals surface area contributed by atoms with Crippen molar-refractivity contribution in [1.29, 1.82) is 5.26 Å². The predicted molar refractivity (Wildman–Crippen MR) is 123 cm³/mol. The molecule has 0 radical (unpaired) electrons. The van der Waals surface area contributed by atoms with Crippen molar-refractivity contribution in [3.63, 3.8) is 0 Å². The molecule has 3 aromatic rings. The van der Waals surface area contributed by atoms with Gasteiger partial charge in [-0.15, -0.1) is 11.3 Å². The summed E-state index contributed by atoms with van der Waals surface area (Å²) in [6.45, 7) is 5.22. The van der Waals surface area contributed by atoms with Crippen LogP contribution in [0, 0.1) is 18.3 Å². The van der Waals surface area contributed by atoms with E-state index in [0.29, 0.717) is 36.8 Å². The number of nitrogens with one attached hydrogen (secondary N) is 1. The first-order valence-corrected chi connectivity index (χ1v) is 10.8. The lowest BCUT2D eigenvalue weighted by Gasteiger charge is -2.13. The Morgan fingerprint density at radius 1 is 1.13 bits per heavy atom. The van der Waals surface area contributed by atoms with Crippen molar-refractivity contribution in [3.05, 3.63) is 87.1 Å². The number of carbonyl (C=O) groups excluding carboxylic acids is 1. The molecule has 1 amide bonds. The molecule has 0 aliphatic heterocycles. The molecule has 1 aromatic heterocycles. The zero-order valence-electron chi connectivity index (χ0n) is 17.6. The molecule has 0 fully saturated rings. The summed E-state index contributed by atoms with van der Waals surface area (Å²) in [5.41, 5.74) is 2.97. The van der Waals surface area contributed by atoms with Gasteiger partial charge in [0.15, 0.2) is 11.5 Å². The maximum atomic E-state index is 12.4. The number of aryl methyl sites for hydroxylation is 1. The smallest absolute Gasteiger partial charge is 0.262 e. The summed E-state index contributed by atoms with van der Waals surface area (Å²) in [5.74, 6) is 0.773. The zero-order valence-corrected chi connectivity index (χ0v) is 18.4. The van der Waals surface area contributed by atoms with Crippen LogP contribution < -0.4 is 14.8 Å². The van der Waals surface area contributed by atoms with Crippen LogP contribution in [0.1, 0.15) is 28.5 Å². The van der Waals surface area contributed by atoms with Crippen LogP contribution in [0.4, 0.5) is 0 Å². The van der Waals surface area contributed by atoms with Gasteiger partial charge in [-0.1, -0.05) is 42.0 Å². The summed E-state index contributed by atoms with van der Waals surface area (Å²) in [6, 6.07) is 19.3. The third-order valence-electron chi connectivity index (χ3n) is 4.42. The predicted octanol–water partition coefficient (Wildman–Crippen LogP) is 5.26. The molecule has 0 unspecified atom stereocenters. The number of ether oxygens (including phenoxy) is 2. The number of hydrogen-bond acceptors (Lipinski definition) is 5. The summed E-state index contributed by atoms with van der Waals surface area (Å²) in [5, 5.41) is 14.2. The molecule has 0 atom stereocenters. The number of amides is 1. The quantitative estimate of drug-likeness (QED) is 0.370. The molecule has 1 heterocycles. The molecule has 0 saturated heterocycles. The lowest BCUT2D eigenvalue weighted by Crippen LogP contribution is -2.23. The van der Waals surface area contributed by atoms with E-state index in [1.54, 1.807) is 35.6 Å². The van der Waals surface area contributed by atoms with Crippen LogP contribution in [0.3, 0.4) is 0 Å². The Morgan fingerprint density at radius 3 is 2.71 bits per heavy atom. The minimum absolute atomic E-state index is 0.0347. The third-order valence-corrected chi connectivity index (χ3v) is 5.30. The Bertz CT molecular complexity index is 1100. The van der Waals surface area contributed by atoms with Crippen LogP contribution in [-0.2, 0) is 17.9 Å². The van der Waals surface area contributed by atoms with E-state index >= 15 is 0 Å². The molecule has 1 N–H and O–H groups in total. The fourth-order valence-electron chi connectivity index (χ4n) is 2.96. The second kappa shape index (κ2) is 11.0. The molecular weight excluding hydrogens is 408 g/mol. The van der Waals surface area contributed by atoms with E-state index in [1.807, 2.05) is 55.6 Å². The van der Waals surface area contributed by atoms with Crippen molar-refractivity contribution in [3.8, 4) is 17.6 Å². The summed E-state index contributed by atoms with van der Waals surface area (Å²) in [6.07, 6.45) is 1.55. The van der Waals surface area contributed by atoms with Crippen molar-refractivity contribution in [2.24, 2.45) is 0 Å². The first kappa shape index (κ1) is 22.1. The van der Waals surface area contributed by atoms with E-state index in [4.69, 9.17) is 9.47 Å². The Kier molecular flexibility index (Phi) is 7.85. The van der Waals surface area contributed by atoms with Crippen LogP contribution in [0.25, 0.3) is 6.08 Å². The van der Waals surface area contributed by atoms with E-state index < -0.39 is 5.91 Å². The van der Waals surface area contributed by atoms with Gasteiger partial charge in [-0.05, 0) is 54.6 Å². The minimum Gasteiger partial charge on any atom is -0.490 e. The van der Waals surface area contributed by atoms with Crippen molar-refractivity contribution in [2.45, 2.75) is 27.0 Å². The minimum atomic E-state index is -0.409. The fourth-order valence-corrected chi connectivity index (χ4v) is 3.60. The highest BCUT2D eigenvalue weighted by Gasteiger charge is 2.11. The van der Waals surface area contributed by atoms with Crippen LogP contribution in [0.15, 0.2) is 65.6 Å². The SMILES string of the molecule is CCOc1cc(/C=C(\C#N)C(=O)NCc2cccs2)ccc1OCc1cccc(C)c1. The number of nitrogens with zero attached hydrogens (tertiary/aromatic N) is 1. The average Bonchev–Trinajstić information content (AvgIpc) is 3.29. The van der Waals surface area contributed by atoms with Crippen molar-refractivity contribution >= 4 is 23.3 Å². The van der Waals surface area contributed by atoms with Crippen LogP contribution in [0.5, 0.6) is 11.5 Å². The highest BCUT2D eigenvalue weighted by Crippen LogP contribution is 2.30. The van der Waals surface area contributed by atoms with E-state index in [2.05, 4.69) is 11.4 Å². The topological polar surface area (TPSA) is 71.3 Å². The largest absolute Gasteiger partial charge is 0.490 e. The maximum Gasteiger partial charge on any atom is 0.262 e. The van der Waals surface area contributed by atoms with Gasteiger partial charge in [0.2, 0.25) is 0 Å². The van der Waals surface area contributed by atoms with Crippen LogP contribution >= 0.6 is 11.3 Å². The molecule has 6 heteroatoms. The van der Waals surface area contributed by atoms with Crippen LogP contribution in [-0.4, -0.2) is 12.5 Å². The molecule has 31 heavy (non-hydrogen) atoms. The highest BCUT2D eigenvalue weighted by atomic mass is 32.1. The van der Waals surface area contributed by atoms with E-state index in [1.165, 1.54) is 5.56 Å². The monoisotopic (exact) mass is 432 g/mol. The van der Waals surface area contributed by atoms with E-state index in [0.717, 1.165) is 10.4 Å². The van der Waals surface area contributed by atoms with Gasteiger partial charge in [-0.3, -0.25) is 4.79 Å². The maximum absolute atomic E-state index is 12.4. The molecule has 2 aromatic carbocycles. The normalized spacial score (nSPS) is 10.9. The van der Waals surface area contributed by atoms with Crippen LogP contribution in [0.2, 0.25) is 0 Å². The third kappa shape index (κ3) is 6.46. The van der Waals surface area contributed by atoms with E-state index in [9.17, 15) is 10.1 Å². The van der Waals surface area contributed by atoms with Gasteiger partial charge in [0.25, 0.3) is 5.91 Å². The standard InChI is InChI=1S/C25H24N2O3S/c1-3-29-24-14-19(9-10-23(24)30-17-20-7-4-6-18(2)12-20)13-21(15-26)25(28)27-16-22-8-5-11-31-22/h4-14H,3,16-17H2,1-2H3,(H,27,28)/b21-13+. The number of thiophene rings is 1. The molecular formula is C25H24N2O3S. The van der Waals surface area contributed by atoms with Crippen molar-refractivity contribution in [2.75, 3.05) is 6.61 Å². The van der Waals surface area contributed by atoms with Gasteiger partial charge >= 0.3 is 0 Å². The highest BCUT2D eigenvalue weighted by molar-refractivity contribution is 7.09. The van der Waals surface area contributed by atoms with Gasteiger partial charge in [0.05, 0.1) is 13.2 Å². The molecule has 158 valence electrons. The van der Waals surface area contributed by atoms with Gasteiger partial charge in [-0.25, -0.2) is 0 Å². The summed E-state index contributed by atoms with van der Waals surface area (Å²) in [7, 11) is 0. The van der Waals surface area contributed by atoms with Gasteiger partial charge in [0.1, 0.15) is 18.2 Å². The molecule has 0 aliphatic carbocycles. The molecule has 0 saturated carbocycles. The fraction of sp³-hybridized carbons (Fsp3) is 0.200. The number of nitriles is 1. The Morgan fingerprint density at radius 2 is 2.00 bits per heavy atom. The first-order chi connectivity index (χ1) is 15.1. The number of benzene rings is 2. The second-order valence-corrected chi connectivity index (χ2v) is 7.88. The summed E-state index contributed by atoms with van der Waals surface area (Å²) < 4.78 is 11.7. The Balaban J connectivity index is 1.73. The molecule has 3 rings (SSSR count). The Labute approximate surface area is 186 Å². The average molecular weight is 433 g/mol. The number of rotatable bonds is 9. The lowest BCUT2D eigenvalue weighted by atomic mass is 10.1. The van der Waals surface area contributed by atoms with Crippen molar-refractivity contribution < 1.29 is 14.3 Å². The summed E-state index contributed by atoms with van der Waals surface area (Å²) in [4.78, 5) is 13.4. The summed E-state index contributed by atoms with van der Waals surface area (Å²) >= 11 is 1.55. The first-order valence-electron chi connectivity index (χ1n) is 9.96. The Hall–Kier alpha value is -3.56. The molecule has 5 nitrogen and oxygen atoms in total. The molecule has 0 spiro atoms. The molecule has 0 bridgehead atoms. The van der Waals surface area contributed by atoms with E-state index in [-0.39, 0.29) is 5.57 Å². The second-order valence-electron chi connectivity index (χ2n) is 6.85. The zero-order chi connectivity index (χ0) is 22.1. The number of carbonyl (C=O) groups is 1.